The van der Waals surface area contributed by atoms with Gasteiger partial charge in [-0.15, -0.1) is 0 Å². The van der Waals surface area contributed by atoms with Crippen molar-refractivity contribution in [2.45, 2.75) is 110 Å². The Morgan fingerprint density at radius 1 is 1.05 bits per heavy atom. The van der Waals surface area contributed by atoms with Crippen LogP contribution in [0.4, 0.5) is 4.79 Å². The molecule has 1 fully saturated rings. The maximum Gasteiger partial charge on any atom is 0.411 e. The molecule has 1 N–H and O–H groups in total. The number of ether oxygens (including phenoxy) is 1. The summed E-state index contributed by atoms with van der Waals surface area (Å²) in [5, 5.41) is 10.0. The van der Waals surface area contributed by atoms with Crippen LogP contribution in [0.2, 0.25) is 0 Å². The van der Waals surface area contributed by atoms with E-state index in [0.717, 1.165) is 51.7 Å². The van der Waals surface area contributed by atoms with Crippen molar-refractivity contribution in [3.05, 3.63) is 35.9 Å². The van der Waals surface area contributed by atoms with E-state index in [-0.39, 0.29) is 24.8 Å². The summed E-state index contributed by atoms with van der Waals surface area (Å²) in [5.74, 6) is -1.15. The van der Waals surface area contributed by atoms with Crippen molar-refractivity contribution in [2.24, 2.45) is 0 Å². The standard InChI is InChI=1S/C30H49N3O5/c1-6-8-9-13-20-33(29(37)38-30(3,4)5)26(28(35)36)16-17-27(34)32(7-2)25-18-21-31(22-19-25)23-24-14-11-10-12-15-24/h10-12,14-15,25-26H,6-9,13,16-23H2,1-5H3,(H,35,36). The Balaban J connectivity index is 1.98. The normalized spacial score (nSPS) is 15.6. The Morgan fingerprint density at radius 3 is 2.26 bits per heavy atom. The van der Waals surface area contributed by atoms with E-state index < -0.39 is 23.7 Å². The third-order valence-corrected chi connectivity index (χ3v) is 7.08. The average Bonchev–Trinajstić information content (AvgIpc) is 2.86. The van der Waals surface area contributed by atoms with Crippen LogP contribution >= 0.6 is 0 Å². The number of aliphatic carboxylic acids is 1. The predicted octanol–water partition coefficient (Wildman–Crippen LogP) is 5.55. The van der Waals surface area contributed by atoms with E-state index in [9.17, 15) is 19.5 Å². The molecule has 2 amide bonds. The number of carbonyl (C=O) groups excluding carboxylic acids is 2. The minimum absolute atomic E-state index is 0.0459. The molecule has 0 aromatic heterocycles. The molecule has 1 aliphatic heterocycles. The van der Waals surface area contributed by atoms with Gasteiger partial charge in [0.05, 0.1) is 0 Å². The number of hydrogen-bond donors (Lipinski definition) is 1. The van der Waals surface area contributed by atoms with Crippen LogP contribution in [0.25, 0.3) is 0 Å². The van der Waals surface area contributed by atoms with Crippen LogP contribution in [-0.2, 0) is 20.9 Å². The second-order valence-electron chi connectivity index (χ2n) is 11.3. The molecule has 0 saturated carbocycles. The van der Waals surface area contributed by atoms with Crippen molar-refractivity contribution in [1.82, 2.24) is 14.7 Å². The summed E-state index contributed by atoms with van der Waals surface area (Å²) in [4.78, 5) is 44.1. The first-order valence-corrected chi connectivity index (χ1v) is 14.3. The van der Waals surface area contributed by atoms with E-state index in [4.69, 9.17) is 4.74 Å². The first-order valence-electron chi connectivity index (χ1n) is 14.3. The monoisotopic (exact) mass is 531 g/mol. The maximum absolute atomic E-state index is 13.3. The average molecular weight is 532 g/mol. The number of nitrogens with zero attached hydrogens (tertiary/aromatic N) is 3. The summed E-state index contributed by atoms with van der Waals surface area (Å²) < 4.78 is 5.53. The molecule has 1 unspecified atom stereocenters. The quantitative estimate of drug-likeness (QED) is 0.317. The van der Waals surface area contributed by atoms with Crippen molar-refractivity contribution in [3.63, 3.8) is 0 Å². The zero-order valence-electron chi connectivity index (χ0n) is 24.2. The van der Waals surface area contributed by atoms with Gasteiger partial charge >= 0.3 is 12.1 Å². The molecule has 1 atom stereocenters. The highest BCUT2D eigenvalue weighted by Gasteiger charge is 2.34. The van der Waals surface area contributed by atoms with Crippen LogP contribution in [0.15, 0.2) is 30.3 Å². The number of hydrogen-bond acceptors (Lipinski definition) is 5. The van der Waals surface area contributed by atoms with Gasteiger partial charge in [0.15, 0.2) is 0 Å². The molecule has 1 heterocycles. The van der Waals surface area contributed by atoms with E-state index >= 15 is 0 Å². The van der Waals surface area contributed by atoms with Crippen molar-refractivity contribution in [1.29, 1.82) is 0 Å². The van der Waals surface area contributed by atoms with E-state index in [1.165, 1.54) is 10.5 Å². The van der Waals surface area contributed by atoms with Gasteiger partial charge in [0.1, 0.15) is 11.6 Å². The van der Waals surface area contributed by atoms with Crippen LogP contribution in [0.1, 0.15) is 91.5 Å². The molecule has 0 spiro atoms. The summed E-state index contributed by atoms with van der Waals surface area (Å²) in [6.45, 7) is 13.0. The Morgan fingerprint density at radius 2 is 1.71 bits per heavy atom. The molecular formula is C30H49N3O5. The fourth-order valence-corrected chi connectivity index (χ4v) is 5.09. The van der Waals surface area contributed by atoms with E-state index in [2.05, 4.69) is 36.1 Å². The van der Waals surface area contributed by atoms with Gasteiger partial charge in [-0.05, 0) is 58.9 Å². The lowest BCUT2D eigenvalue weighted by Gasteiger charge is -2.38. The van der Waals surface area contributed by atoms with Gasteiger partial charge in [-0.2, -0.15) is 0 Å². The summed E-state index contributed by atoms with van der Waals surface area (Å²) in [6, 6.07) is 9.46. The summed E-state index contributed by atoms with van der Waals surface area (Å²) in [5.41, 5.74) is 0.560. The molecule has 38 heavy (non-hydrogen) atoms. The smallest absolute Gasteiger partial charge is 0.411 e. The van der Waals surface area contributed by atoms with Crippen molar-refractivity contribution in [3.8, 4) is 0 Å². The molecule has 8 nitrogen and oxygen atoms in total. The molecule has 0 aliphatic carbocycles. The first-order chi connectivity index (χ1) is 18.1. The van der Waals surface area contributed by atoms with Crippen LogP contribution < -0.4 is 0 Å². The summed E-state index contributed by atoms with van der Waals surface area (Å²) in [6.07, 6.45) is 5.00. The van der Waals surface area contributed by atoms with Gasteiger partial charge in [-0.1, -0.05) is 56.5 Å². The Bertz CT molecular complexity index is 862. The largest absolute Gasteiger partial charge is 0.480 e. The fraction of sp³-hybridized carbons (Fsp3) is 0.700. The minimum atomic E-state index is -1.10. The van der Waals surface area contributed by atoms with Gasteiger partial charge in [0, 0.05) is 45.2 Å². The zero-order valence-corrected chi connectivity index (χ0v) is 24.2. The summed E-state index contributed by atoms with van der Waals surface area (Å²) in [7, 11) is 0. The highest BCUT2D eigenvalue weighted by atomic mass is 16.6. The lowest BCUT2D eigenvalue weighted by Crippen LogP contribution is -2.49. The number of likely N-dealkylation sites (tertiary alicyclic amines) is 1. The molecule has 0 radical (unpaired) electrons. The number of rotatable bonds is 14. The van der Waals surface area contributed by atoms with Crippen LogP contribution in [0, 0.1) is 0 Å². The molecule has 0 bridgehead atoms. The highest BCUT2D eigenvalue weighted by Crippen LogP contribution is 2.21. The van der Waals surface area contributed by atoms with Gasteiger partial charge < -0.3 is 14.7 Å². The SMILES string of the molecule is CCCCCCN(C(=O)OC(C)(C)C)C(CCC(=O)N(CC)C1CCN(Cc2ccccc2)CC1)C(=O)O. The molecule has 2 rings (SSSR count). The molecule has 8 heteroatoms. The molecule has 1 aromatic rings. The molecule has 214 valence electrons. The second-order valence-corrected chi connectivity index (χ2v) is 11.3. The van der Waals surface area contributed by atoms with E-state index in [1.807, 2.05) is 17.9 Å². The predicted molar refractivity (Wildman–Crippen MR) is 150 cm³/mol. The fourth-order valence-electron chi connectivity index (χ4n) is 5.09. The minimum Gasteiger partial charge on any atom is -0.480 e. The Hall–Kier alpha value is -2.61. The van der Waals surface area contributed by atoms with Gasteiger partial charge in [0.25, 0.3) is 0 Å². The highest BCUT2D eigenvalue weighted by molar-refractivity contribution is 5.82. The second kappa shape index (κ2) is 15.7. The zero-order chi connectivity index (χ0) is 28.1. The number of carboxylic acid groups (broad SMARTS) is 1. The molecule has 1 aliphatic rings. The maximum atomic E-state index is 13.3. The lowest BCUT2D eigenvalue weighted by atomic mass is 10.0. The van der Waals surface area contributed by atoms with Crippen molar-refractivity contribution >= 4 is 18.0 Å². The number of carbonyl (C=O) groups is 3. The summed E-state index contributed by atoms with van der Waals surface area (Å²) >= 11 is 0. The number of benzene rings is 1. The third kappa shape index (κ3) is 10.6. The number of piperidine rings is 1. The molecule has 1 aromatic carbocycles. The van der Waals surface area contributed by atoms with Gasteiger partial charge in [0.2, 0.25) is 5.91 Å². The number of unbranched alkanes of at least 4 members (excludes halogenated alkanes) is 3. The lowest BCUT2D eigenvalue weighted by molar-refractivity contribution is -0.144. The van der Waals surface area contributed by atoms with Crippen molar-refractivity contribution in [2.75, 3.05) is 26.2 Å². The van der Waals surface area contributed by atoms with Gasteiger partial charge in [-0.25, -0.2) is 9.59 Å². The Labute approximate surface area is 229 Å². The molecule has 1 saturated heterocycles. The van der Waals surface area contributed by atoms with Crippen LogP contribution in [-0.4, -0.2) is 81.6 Å². The van der Waals surface area contributed by atoms with Crippen LogP contribution in [0.5, 0.6) is 0 Å². The number of carboxylic acids is 1. The first kappa shape index (κ1) is 31.6. The molecular weight excluding hydrogens is 482 g/mol. The third-order valence-electron chi connectivity index (χ3n) is 7.08. The van der Waals surface area contributed by atoms with Gasteiger partial charge in [-0.3, -0.25) is 14.6 Å². The Kier molecular flexibility index (Phi) is 13.1. The van der Waals surface area contributed by atoms with Crippen molar-refractivity contribution < 1.29 is 24.2 Å². The topological polar surface area (TPSA) is 90.4 Å². The van der Waals surface area contributed by atoms with E-state index in [0.29, 0.717) is 19.5 Å². The van der Waals surface area contributed by atoms with Crippen LogP contribution in [0.3, 0.4) is 0 Å². The van der Waals surface area contributed by atoms with E-state index in [1.54, 1.807) is 20.8 Å². The number of amides is 2.